The molecule has 1 aliphatic heterocycles. The summed E-state index contributed by atoms with van der Waals surface area (Å²) in [5.74, 6) is 0.433. The second kappa shape index (κ2) is 5.35. The maximum Gasteiger partial charge on any atom is 0.165 e. The molecule has 1 aliphatic rings. The van der Waals surface area contributed by atoms with E-state index >= 15 is 0 Å². The van der Waals surface area contributed by atoms with E-state index in [9.17, 15) is 10.2 Å². The van der Waals surface area contributed by atoms with Crippen LogP contribution in [0.4, 0.5) is 11.4 Å². The summed E-state index contributed by atoms with van der Waals surface area (Å²) in [7, 11) is 0. The molecule has 0 bridgehead atoms. The van der Waals surface area contributed by atoms with E-state index in [4.69, 9.17) is 0 Å². The number of anilines is 1. The summed E-state index contributed by atoms with van der Waals surface area (Å²) in [6, 6.07) is 8.91. The van der Waals surface area contributed by atoms with Crippen LogP contribution < -0.4 is 5.32 Å². The first-order valence-electron chi connectivity index (χ1n) is 7.62. The first-order valence-corrected chi connectivity index (χ1v) is 7.62. The molecule has 4 N–H and O–H groups in total. The van der Waals surface area contributed by atoms with Crippen LogP contribution in [0.15, 0.2) is 41.5 Å². The Morgan fingerprint density at radius 3 is 2.83 bits per heavy atom. The topological polar surface area (TPSA) is 80.6 Å². The van der Waals surface area contributed by atoms with Gasteiger partial charge in [-0.15, -0.1) is 0 Å². The predicted molar refractivity (Wildman–Crippen MR) is 92.1 cm³/mol. The summed E-state index contributed by atoms with van der Waals surface area (Å²) in [6.07, 6.45) is 5.32. The summed E-state index contributed by atoms with van der Waals surface area (Å²) in [5.41, 5.74) is 4.57. The molecule has 0 radical (unpaired) electrons. The molecule has 0 spiro atoms. The Balaban J connectivity index is 1.65. The van der Waals surface area contributed by atoms with Crippen molar-refractivity contribution in [1.29, 1.82) is 0 Å². The molecule has 3 aromatic rings. The number of hydrogen-bond acceptors (Lipinski definition) is 4. The first kappa shape index (κ1) is 13.7. The van der Waals surface area contributed by atoms with E-state index in [-0.39, 0.29) is 11.5 Å². The average Bonchev–Trinajstić information content (AvgIpc) is 3.00. The van der Waals surface area contributed by atoms with E-state index in [1.807, 2.05) is 24.4 Å². The van der Waals surface area contributed by atoms with Crippen molar-refractivity contribution in [2.24, 2.45) is 4.99 Å². The van der Waals surface area contributed by atoms with Gasteiger partial charge in [0.25, 0.3) is 0 Å². The second-order valence-electron chi connectivity index (χ2n) is 5.71. The van der Waals surface area contributed by atoms with Crippen LogP contribution >= 0.6 is 0 Å². The number of aromatic hydroxyl groups is 2. The number of aromatic amines is 1. The molecule has 0 amide bonds. The van der Waals surface area contributed by atoms with Crippen LogP contribution in [-0.2, 0) is 12.8 Å². The van der Waals surface area contributed by atoms with Gasteiger partial charge in [0.05, 0.1) is 5.52 Å². The van der Waals surface area contributed by atoms with Gasteiger partial charge in [-0.1, -0.05) is 12.1 Å². The van der Waals surface area contributed by atoms with Gasteiger partial charge in [-0.2, -0.15) is 0 Å². The molecule has 0 saturated heterocycles. The second-order valence-corrected chi connectivity index (χ2v) is 5.71. The Kier molecular flexibility index (Phi) is 3.19. The molecule has 5 nitrogen and oxygen atoms in total. The number of aliphatic imine (C=N–C) groups is 1. The van der Waals surface area contributed by atoms with Crippen LogP contribution in [0.25, 0.3) is 10.9 Å². The third-order valence-corrected chi connectivity index (χ3v) is 4.20. The van der Waals surface area contributed by atoms with E-state index in [2.05, 4.69) is 15.3 Å². The van der Waals surface area contributed by atoms with Gasteiger partial charge in [0.15, 0.2) is 5.75 Å². The summed E-state index contributed by atoms with van der Waals surface area (Å²) in [4.78, 5) is 7.57. The van der Waals surface area contributed by atoms with E-state index in [0.717, 1.165) is 35.1 Å². The molecule has 0 fully saturated rings. The molecule has 2 aromatic carbocycles. The highest BCUT2D eigenvalue weighted by atomic mass is 16.3. The predicted octanol–water partition coefficient (Wildman–Crippen LogP) is 3.49. The Morgan fingerprint density at radius 1 is 1.17 bits per heavy atom. The summed E-state index contributed by atoms with van der Waals surface area (Å²) in [5, 5.41) is 24.1. The van der Waals surface area contributed by atoms with E-state index in [0.29, 0.717) is 12.1 Å². The van der Waals surface area contributed by atoms with Gasteiger partial charge >= 0.3 is 0 Å². The molecule has 0 unspecified atom stereocenters. The van der Waals surface area contributed by atoms with Gasteiger partial charge < -0.3 is 20.5 Å². The molecule has 23 heavy (non-hydrogen) atoms. The number of phenolic OH excluding ortho intramolecular Hbond substituents is 2. The molecule has 116 valence electrons. The number of hydrogen-bond donors (Lipinski definition) is 4. The number of aromatic nitrogens is 1. The minimum absolute atomic E-state index is 0.181. The van der Waals surface area contributed by atoms with Crippen molar-refractivity contribution in [3.8, 4) is 11.5 Å². The zero-order valence-corrected chi connectivity index (χ0v) is 12.5. The highest BCUT2D eigenvalue weighted by molar-refractivity contribution is 6.03. The maximum atomic E-state index is 10.4. The molecule has 2 heterocycles. The van der Waals surface area contributed by atoms with E-state index in [1.165, 1.54) is 5.56 Å². The maximum absolute atomic E-state index is 10.4. The fourth-order valence-electron chi connectivity index (χ4n) is 3.01. The zero-order valence-electron chi connectivity index (χ0n) is 12.5. The Labute approximate surface area is 133 Å². The van der Waals surface area contributed by atoms with Crippen LogP contribution in [0.1, 0.15) is 11.1 Å². The number of nitrogens with zero attached hydrogens (tertiary/aromatic N) is 1. The molecule has 4 rings (SSSR count). The number of nitrogens with one attached hydrogen (secondary N) is 2. The molecule has 0 saturated carbocycles. The van der Waals surface area contributed by atoms with Gasteiger partial charge in [-0.3, -0.25) is 4.99 Å². The minimum Gasteiger partial charge on any atom is -0.508 e. The lowest BCUT2D eigenvalue weighted by molar-refractivity contribution is 0.475. The van der Waals surface area contributed by atoms with E-state index in [1.54, 1.807) is 18.3 Å². The fourth-order valence-corrected chi connectivity index (χ4v) is 3.01. The molecule has 0 atom stereocenters. The number of benzene rings is 2. The van der Waals surface area contributed by atoms with Crippen molar-refractivity contribution in [2.45, 2.75) is 12.8 Å². The van der Waals surface area contributed by atoms with Crippen molar-refractivity contribution in [3.05, 3.63) is 47.7 Å². The number of phenols is 2. The largest absolute Gasteiger partial charge is 0.508 e. The fraction of sp³-hybridized carbons (Fsp3) is 0.167. The summed E-state index contributed by atoms with van der Waals surface area (Å²) >= 11 is 0. The third kappa shape index (κ3) is 2.40. The van der Waals surface area contributed by atoms with E-state index < -0.39 is 0 Å². The molecular weight excluding hydrogens is 290 g/mol. The SMILES string of the molecule is Oc1ccc(CC=Nc2cc3c4c(c[nH]c4c2O)CCN3)cc1. The lowest BCUT2D eigenvalue weighted by Crippen LogP contribution is -2.09. The van der Waals surface area contributed by atoms with Crippen molar-refractivity contribution >= 4 is 28.5 Å². The van der Waals surface area contributed by atoms with Gasteiger partial charge in [-0.05, 0) is 35.7 Å². The van der Waals surface area contributed by atoms with Crippen LogP contribution in [0.2, 0.25) is 0 Å². The molecule has 5 heteroatoms. The molecular formula is C18H17N3O2. The van der Waals surface area contributed by atoms with Gasteiger partial charge in [-0.25, -0.2) is 0 Å². The monoisotopic (exact) mass is 307 g/mol. The normalized spacial score (nSPS) is 13.6. The Morgan fingerprint density at radius 2 is 2.00 bits per heavy atom. The van der Waals surface area contributed by atoms with Crippen molar-refractivity contribution < 1.29 is 10.2 Å². The Bertz CT molecular complexity index is 895. The third-order valence-electron chi connectivity index (χ3n) is 4.20. The standard InChI is InChI=1S/C18H17N3O2/c22-13-3-1-11(2-4-13)5-7-20-15-9-14-16-12(6-8-19-14)10-21-17(16)18(15)23/h1-4,7,9-10,19,21-23H,5-6,8H2. The van der Waals surface area contributed by atoms with Crippen LogP contribution in [0.3, 0.4) is 0 Å². The first-order chi connectivity index (χ1) is 11.2. The van der Waals surface area contributed by atoms with Crippen molar-refractivity contribution in [1.82, 2.24) is 4.98 Å². The van der Waals surface area contributed by atoms with Crippen molar-refractivity contribution in [2.75, 3.05) is 11.9 Å². The van der Waals surface area contributed by atoms with Gasteiger partial charge in [0.1, 0.15) is 11.4 Å². The lowest BCUT2D eigenvalue weighted by Gasteiger charge is -2.16. The highest BCUT2D eigenvalue weighted by Crippen LogP contribution is 2.42. The average molecular weight is 307 g/mol. The van der Waals surface area contributed by atoms with Crippen LogP contribution in [0, 0.1) is 0 Å². The summed E-state index contributed by atoms with van der Waals surface area (Å²) in [6.45, 7) is 0.890. The minimum atomic E-state index is 0.181. The quantitative estimate of drug-likeness (QED) is 0.442. The number of H-pyrrole nitrogens is 1. The Hall–Kier alpha value is -2.95. The van der Waals surface area contributed by atoms with Crippen molar-refractivity contribution in [3.63, 3.8) is 0 Å². The van der Waals surface area contributed by atoms with Gasteiger partial charge in [0, 0.05) is 36.5 Å². The smallest absolute Gasteiger partial charge is 0.165 e. The zero-order chi connectivity index (χ0) is 15.8. The molecule has 0 aliphatic carbocycles. The van der Waals surface area contributed by atoms with Crippen LogP contribution in [0.5, 0.6) is 11.5 Å². The van der Waals surface area contributed by atoms with Crippen LogP contribution in [-0.4, -0.2) is 28.0 Å². The summed E-state index contributed by atoms with van der Waals surface area (Å²) < 4.78 is 0. The van der Waals surface area contributed by atoms with Gasteiger partial charge in [0.2, 0.25) is 0 Å². The number of rotatable bonds is 3. The lowest BCUT2D eigenvalue weighted by atomic mass is 10.0. The highest BCUT2D eigenvalue weighted by Gasteiger charge is 2.18. The molecule has 1 aromatic heterocycles.